The molecule has 0 aliphatic rings. The quantitative estimate of drug-likeness (QED) is 0.629. The number of aromatic nitrogens is 1. The summed E-state index contributed by atoms with van der Waals surface area (Å²) < 4.78 is 9.75. The van der Waals surface area contributed by atoms with Crippen LogP contribution < -0.4 is 0 Å². The Morgan fingerprint density at radius 3 is 2.64 bits per heavy atom. The Kier molecular flexibility index (Phi) is 5.35. The van der Waals surface area contributed by atoms with E-state index in [1.54, 1.807) is 24.3 Å². The van der Waals surface area contributed by atoms with Gasteiger partial charge in [-0.15, -0.1) is 0 Å². The lowest BCUT2D eigenvalue weighted by Gasteiger charge is -2.07. The fourth-order valence-corrected chi connectivity index (χ4v) is 2.01. The molecule has 0 aliphatic heterocycles. The van der Waals surface area contributed by atoms with Crippen molar-refractivity contribution in [3.63, 3.8) is 0 Å². The second-order valence-corrected chi connectivity index (χ2v) is 5.03. The molecule has 0 bridgehead atoms. The molecular weight excluding hydrogens is 329 g/mol. The average Bonchev–Trinajstić information content (AvgIpc) is 2.54. The molecule has 7 heteroatoms. The van der Waals surface area contributed by atoms with Gasteiger partial charge in [0.15, 0.2) is 5.69 Å². The summed E-state index contributed by atoms with van der Waals surface area (Å²) in [4.78, 5) is 27.2. The van der Waals surface area contributed by atoms with E-state index < -0.39 is 11.9 Å². The minimum atomic E-state index is -0.698. The number of carbonyl (C=O) groups excluding carboxylic acids is 2. The molecule has 0 spiro atoms. The Hall–Kier alpha value is -2.11. The van der Waals surface area contributed by atoms with E-state index in [9.17, 15) is 9.59 Å². The largest absolute Gasteiger partial charge is 0.465 e. The number of ether oxygens (including phenoxy) is 2. The summed E-state index contributed by atoms with van der Waals surface area (Å²) in [6, 6.07) is 9.50. The van der Waals surface area contributed by atoms with Crippen molar-refractivity contribution < 1.29 is 19.1 Å². The van der Waals surface area contributed by atoms with E-state index in [0.29, 0.717) is 11.1 Å². The molecule has 0 unspecified atom stereocenters. The minimum Gasteiger partial charge on any atom is -0.465 e. The van der Waals surface area contributed by atoms with Crippen molar-refractivity contribution in [2.75, 3.05) is 7.11 Å². The second kappa shape index (κ2) is 7.24. The van der Waals surface area contributed by atoms with Gasteiger partial charge in [0.05, 0.1) is 17.7 Å². The number of nitrogens with zero attached hydrogens (tertiary/aromatic N) is 1. The van der Waals surface area contributed by atoms with Crippen molar-refractivity contribution in [2.24, 2.45) is 0 Å². The number of pyridine rings is 1. The minimum absolute atomic E-state index is 0.0335. The summed E-state index contributed by atoms with van der Waals surface area (Å²) in [6.45, 7) is -0.0335. The number of halogens is 2. The maximum atomic E-state index is 11.9. The molecule has 0 fully saturated rings. The Balaban J connectivity index is 2.08. The highest BCUT2D eigenvalue weighted by Gasteiger charge is 2.15. The van der Waals surface area contributed by atoms with Crippen molar-refractivity contribution in [3.8, 4) is 0 Å². The van der Waals surface area contributed by atoms with Gasteiger partial charge in [0, 0.05) is 0 Å². The molecule has 114 valence electrons. The summed E-state index contributed by atoms with van der Waals surface area (Å²) in [5, 5.41) is 0.293. The summed E-state index contributed by atoms with van der Waals surface area (Å²) >= 11 is 11.6. The Labute approximate surface area is 136 Å². The molecule has 0 N–H and O–H groups in total. The lowest BCUT2D eigenvalue weighted by atomic mass is 10.1. The number of esters is 2. The van der Waals surface area contributed by atoms with E-state index in [4.69, 9.17) is 27.9 Å². The number of methoxy groups -OCH3 is 1. The van der Waals surface area contributed by atoms with E-state index in [1.165, 1.54) is 19.2 Å². The number of benzene rings is 1. The van der Waals surface area contributed by atoms with Crippen LogP contribution in [0.2, 0.25) is 10.2 Å². The molecule has 0 aliphatic carbocycles. The van der Waals surface area contributed by atoms with Gasteiger partial charge in [0.1, 0.15) is 11.8 Å². The zero-order valence-corrected chi connectivity index (χ0v) is 13.0. The predicted octanol–water partition coefficient (Wildman–Crippen LogP) is 3.53. The van der Waals surface area contributed by atoms with Crippen LogP contribution in [0, 0.1) is 0 Å². The molecule has 0 amide bonds. The lowest BCUT2D eigenvalue weighted by Crippen LogP contribution is -2.09. The molecule has 5 nitrogen and oxygen atoms in total. The first-order chi connectivity index (χ1) is 10.5. The van der Waals surface area contributed by atoms with Crippen LogP contribution in [0.5, 0.6) is 0 Å². The monoisotopic (exact) mass is 339 g/mol. The average molecular weight is 340 g/mol. The van der Waals surface area contributed by atoms with Crippen molar-refractivity contribution in [1.29, 1.82) is 0 Å². The molecule has 0 saturated carbocycles. The fourth-order valence-electron chi connectivity index (χ4n) is 1.68. The van der Waals surface area contributed by atoms with E-state index in [1.807, 2.05) is 0 Å². The number of rotatable bonds is 4. The summed E-state index contributed by atoms with van der Waals surface area (Å²) in [6.07, 6.45) is 0. The van der Waals surface area contributed by atoms with Gasteiger partial charge in [-0.2, -0.15) is 0 Å². The smallest absolute Gasteiger partial charge is 0.358 e. The topological polar surface area (TPSA) is 65.5 Å². The van der Waals surface area contributed by atoms with Crippen LogP contribution >= 0.6 is 23.2 Å². The molecule has 2 rings (SSSR count). The maximum Gasteiger partial charge on any atom is 0.358 e. The SMILES string of the molecule is COC(=O)c1cccc(COC(=O)c2nc(Cl)ccc2Cl)c1. The van der Waals surface area contributed by atoms with Gasteiger partial charge >= 0.3 is 11.9 Å². The van der Waals surface area contributed by atoms with Crippen LogP contribution in [0.15, 0.2) is 36.4 Å². The van der Waals surface area contributed by atoms with Crippen molar-refractivity contribution in [3.05, 3.63) is 63.4 Å². The standard InChI is InChI=1S/C15H11Cl2NO4/c1-21-14(19)10-4-2-3-9(7-10)8-22-15(20)13-11(16)5-6-12(17)18-13/h2-7H,8H2,1H3. The normalized spacial score (nSPS) is 10.1. The van der Waals surface area contributed by atoms with Crippen LogP contribution in [0.3, 0.4) is 0 Å². The molecule has 22 heavy (non-hydrogen) atoms. The first-order valence-electron chi connectivity index (χ1n) is 6.17. The molecule has 0 radical (unpaired) electrons. The first-order valence-corrected chi connectivity index (χ1v) is 6.93. The molecule has 2 aromatic rings. The predicted molar refractivity (Wildman–Crippen MR) is 81.2 cm³/mol. The Morgan fingerprint density at radius 1 is 1.14 bits per heavy atom. The fraction of sp³-hybridized carbons (Fsp3) is 0.133. The molecule has 1 heterocycles. The second-order valence-electron chi connectivity index (χ2n) is 4.23. The Morgan fingerprint density at radius 2 is 1.91 bits per heavy atom. The molecular formula is C15H11Cl2NO4. The highest BCUT2D eigenvalue weighted by molar-refractivity contribution is 6.34. The highest BCUT2D eigenvalue weighted by atomic mass is 35.5. The van der Waals surface area contributed by atoms with Crippen LogP contribution in [-0.2, 0) is 16.1 Å². The van der Waals surface area contributed by atoms with Crippen molar-refractivity contribution >= 4 is 35.1 Å². The molecule has 0 atom stereocenters. The molecule has 1 aromatic heterocycles. The van der Waals surface area contributed by atoms with Crippen molar-refractivity contribution in [1.82, 2.24) is 4.98 Å². The summed E-state index contributed by atoms with van der Waals surface area (Å²) in [5.74, 6) is -1.16. The third-order valence-electron chi connectivity index (χ3n) is 2.72. The number of carbonyl (C=O) groups is 2. The van der Waals surface area contributed by atoms with Crippen LogP contribution in [0.4, 0.5) is 0 Å². The summed E-state index contributed by atoms with van der Waals surface area (Å²) in [7, 11) is 1.29. The number of hydrogen-bond acceptors (Lipinski definition) is 5. The van der Waals surface area contributed by atoms with Gasteiger partial charge in [-0.3, -0.25) is 0 Å². The van der Waals surface area contributed by atoms with Gasteiger partial charge in [0.2, 0.25) is 0 Å². The van der Waals surface area contributed by atoms with E-state index >= 15 is 0 Å². The van der Waals surface area contributed by atoms with Gasteiger partial charge in [-0.1, -0.05) is 35.3 Å². The first kappa shape index (κ1) is 16.3. The molecule has 0 saturated heterocycles. The zero-order chi connectivity index (χ0) is 16.1. The van der Waals surface area contributed by atoms with Crippen LogP contribution in [0.1, 0.15) is 26.4 Å². The van der Waals surface area contributed by atoms with Gasteiger partial charge in [0.25, 0.3) is 0 Å². The number of hydrogen-bond donors (Lipinski definition) is 0. The van der Waals surface area contributed by atoms with E-state index in [0.717, 1.165) is 0 Å². The Bertz CT molecular complexity index is 718. The third kappa shape index (κ3) is 3.96. The van der Waals surface area contributed by atoms with Gasteiger partial charge in [-0.05, 0) is 29.8 Å². The van der Waals surface area contributed by atoms with E-state index in [2.05, 4.69) is 9.72 Å². The third-order valence-corrected chi connectivity index (χ3v) is 3.24. The highest BCUT2D eigenvalue weighted by Crippen LogP contribution is 2.18. The van der Waals surface area contributed by atoms with Gasteiger partial charge < -0.3 is 9.47 Å². The molecule has 1 aromatic carbocycles. The zero-order valence-electron chi connectivity index (χ0n) is 11.5. The summed E-state index contributed by atoms with van der Waals surface area (Å²) in [5.41, 5.74) is 0.947. The van der Waals surface area contributed by atoms with Gasteiger partial charge in [-0.25, -0.2) is 14.6 Å². The lowest BCUT2D eigenvalue weighted by molar-refractivity contribution is 0.0466. The maximum absolute atomic E-state index is 11.9. The van der Waals surface area contributed by atoms with Crippen LogP contribution in [-0.4, -0.2) is 24.0 Å². The van der Waals surface area contributed by atoms with E-state index in [-0.39, 0.29) is 22.5 Å². The van der Waals surface area contributed by atoms with Crippen LogP contribution in [0.25, 0.3) is 0 Å². The van der Waals surface area contributed by atoms with Crippen molar-refractivity contribution in [2.45, 2.75) is 6.61 Å².